The molecule has 2 aromatic carbocycles. The van der Waals surface area contributed by atoms with Crippen LogP contribution < -0.4 is 20.1 Å². The number of halogens is 1. The smallest absolute Gasteiger partial charge is 0.223 e. The topological polar surface area (TPSA) is 59.6 Å². The van der Waals surface area contributed by atoms with Gasteiger partial charge in [0.05, 0.1) is 14.2 Å². The van der Waals surface area contributed by atoms with Crippen molar-refractivity contribution in [2.75, 3.05) is 33.9 Å². The molecule has 6 heteroatoms. The zero-order valence-corrected chi connectivity index (χ0v) is 17.7. The molecule has 0 fully saturated rings. The number of hydrogen-bond donors (Lipinski definition) is 2. The zero-order chi connectivity index (χ0) is 21.6. The predicted molar refractivity (Wildman–Crippen MR) is 118 cm³/mol. The molecule has 0 saturated heterocycles. The standard InChI is InChI=1S/C24H31FN2O3/c1-29-22-13-14-23(30-2)20(18-22)7-4-15-26-16-5-17-27-24(28)8-3-6-19-9-11-21(25)12-10-19/h3,6,9-14,18,26H,4-5,7-8,15-17H2,1-2H3,(H,27,28)/b6-3+. The van der Waals surface area contributed by atoms with Gasteiger partial charge in [-0.2, -0.15) is 0 Å². The second kappa shape index (κ2) is 13.4. The van der Waals surface area contributed by atoms with Gasteiger partial charge in [0.15, 0.2) is 0 Å². The van der Waals surface area contributed by atoms with Crippen molar-refractivity contribution in [3.63, 3.8) is 0 Å². The van der Waals surface area contributed by atoms with Gasteiger partial charge >= 0.3 is 0 Å². The Balaban J connectivity index is 1.52. The van der Waals surface area contributed by atoms with Crippen LogP contribution in [0.5, 0.6) is 11.5 Å². The molecule has 1 amide bonds. The van der Waals surface area contributed by atoms with Gasteiger partial charge in [-0.25, -0.2) is 4.39 Å². The average molecular weight is 415 g/mol. The van der Waals surface area contributed by atoms with Gasteiger partial charge in [0.2, 0.25) is 5.91 Å². The van der Waals surface area contributed by atoms with Crippen LogP contribution in [0.15, 0.2) is 48.5 Å². The van der Waals surface area contributed by atoms with E-state index in [4.69, 9.17) is 9.47 Å². The van der Waals surface area contributed by atoms with Gasteiger partial charge in [-0.3, -0.25) is 4.79 Å². The van der Waals surface area contributed by atoms with E-state index < -0.39 is 0 Å². The molecule has 0 unspecified atom stereocenters. The summed E-state index contributed by atoms with van der Waals surface area (Å²) in [5, 5.41) is 6.30. The highest BCUT2D eigenvalue weighted by Gasteiger charge is 2.05. The van der Waals surface area contributed by atoms with Gasteiger partial charge < -0.3 is 20.1 Å². The Morgan fingerprint density at radius 1 is 1.00 bits per heavy atom. The summed E-state index contributed by atoms with van der Waals surface area (Å²) in [6, 6.07) is 12.0. The van der Waals surface area contributed by atoms with Crippen LogP contribution in [0.25, 0.3) is 6.08 Å². The van der Waals surface area contributed by atoms with E-state index in [0.29, 0.717) is 13.0 Å². The molecule has 0 aliphatic carbocycles. The number of hydrogen-bond acceptors (Lipinski definition) is 4. The van der Waals surface area contributed by atoms with Gasteiger partial charge in [0, 0.05) is 13.0 Å². The second-order valence-electron chi connectivity index (χ2n) is 6.89. The number of carbonyl (C=O) groups is 1. The number of nitrogens with one attached hydrogen (secondary N) is 2. The first-order valence-electron chi connectivity index (χ1n) is 10.2. The van der Waals surface area contributed by atoms with Crippen LogP contribution in [0.2, 0.25) is 0 Å². The van der Waals surface area contributed by atoms with Gasteiger partial charge in [0.1, 0.15) is 17.3 Å². The lowest BCUT2D eigenvalue weighted by Gasteiger charge is -2.11. The van der Waals surface area contributed by atoms with Crippen LogP contribution in [-0.2, 0) is 11.2 Å². The van der Waals surface area contributed by atoms with E-state index in [1.54, 1.807) is 32.4 Å². The van der Waals surface area contributed by atoms with Crippen LogP contribution in [0, 0.1) is 5.82 Å². The first-order chi connectivity index (χ1) is 14.6. The highest BCUT2D eigenvalue weighted by molar-refractivity contribution is 5.78. The van der Waals surface area contributed by atoms with Crippen LogP contribution in [0.3, 0.4) is 0 Å². The third-order valence-electron chi connectivity index (χ3n) is 4.62. The monoisotopic (exact) mass is 414 g/mol. The van der Waals surface area contributed by atoms with Crippen LogP contribution >= 0.6 is 0 Å². The maximum atomic E-state index is 12.8. The summed E-state index contributed by atoms with van der Waals surface area (Å²) in [7, 11) is 3.34. The lowest BCUT2D eigenvalue weighted by atomic mass is 10.1. The highest BCUT2D eigenvalue weighted by atomic mass is 19.1. The lowest BCUT2D eigenvalue weighted by molar-refractivity contribution is -0.120. The number of amides is 1. The summed E-state index contributed by atoms with van der Waals surface area (Å²) < 4.78 is 23.5. The molecule has 2 aromatic rings. The molecule has 30 heavy (non-hydrogen) atoms. The zero-order valence-electron chi connectivity index (χ0n) is 17.7. The van der Waals surface area contributed by atoms with Crippen molar-refractivity contribution >= 4 is 12.0 Å². The maximum Gasteiger partial charge on any atom is 0.223 e. The number of benzene rings is 2. The quantitative estimate of drug-likeness (QED) is 0.487. The van der Waals surface area contributed by atoms with Crippen molar-refractivity contribution in [1.82, 2.24) is 10.6 Å². The summed E-state index contributed by atoms with van der Waals surface area (Å²) in [5.74, 6) is 1.44. The van der Waals surface area contributed by atoms with E-state index in [1.165, 1.54) is 12.1 Å². The predicted octanol–water partition coefficient (Wildman–Crippen LogP) is 3.97. The normalized spacial score (nSPS) is 10.9. The minimum absolute atomic E-state index is 0.0153. The van der Waals surface area contributed by atoms with Gasteiger partial charge in [-0.15, -0.1) is 0 Å². The van der Waals surface area contributed by atoms with Crippen molar-refractivity contribution in [3.05, 3.63) is 65.5 Å². The van der Waals surface area contributed by atoms with Gasteiger partial charge in [0.25, 0.3) is 0 Å². The fourth-order valence-corrected chi connectivity index (χ4v) is 3.00. The number of rotatable bonds is 13. The van der Waals surface area contributed by atoms with Crippen LogP contribution in [-0.4, -0.2) is 39.8 Å². The van der Waals surface area contributed by atoms with E-state index in [9.17, 15) is 9.18 Å². The molecule has 2 N–H and O–H groups in total. The third kappa shape index (κ3) is 8.66. The summed E-state index contributed by atoms with van der Waals surface area (Å²) in [4.78, 5) is 11.8. The number of aryl methyl sites for hydroxylation is 1. The van der Waals surface area contributed by atoms with E-state index in [-0.39, 0.29) is 11.7 Å². The van der Waals surface area contributed by atoms with E-state index in [1.807, 2.05) is 24.3 Å². The Hall–Kier alpha value is -2.86. The molecule has 5 nitrogen and oxygen atoms in total. The summed E-state index contributed by atoms with van der Waals surface area (Å²) >= 11 is 0. The Morgan fingerprint density at radius 3 is 2.50 bits per heavy atom. The molecule has 162 valence electrons. The van der Waals surface area contributed by atoms with Crippen molar-refractivity contribution < 1.29 is 18.7 Å². The van der Waals surface area contributed by atoms with Crippen molar-refractivity contribution in [2.24, 2.45) is 0 Å². The van der Waals surface area contributed by atoms with Crippen LogP contribution in [0.4, 0.5) is 4.39 Å². The average Bonchev–Trinajstić information content (AvgIpc) is 2.76. The third-order valence-corrected chi connectivity index (χ3v) is 4.62. The van der Waals surface area contributed by atoms with E-state index in [2.05, 4.69) is 10.6 Å². The largest absolute Gasteiger partial charge is 0.497 e. The second-order valence-corrected chi connectivity index (χ2v) is 6.89. The molecule has 0 saturated carbocycles. The fourth-order valence-electron chi connectivity index (χ4n) is 3.00. The summed E-state index contributed by atoms with van der Waals surface area (Å²) in [6.45, 7) is 2.38. The first kappa shape index (κ1) is 23.4. The number of methoxy groups -OCH3 is 2. The molecule has 0 bridgehead atoms. The minimum Gasteiger partial charge on any atom is -0.497 e. The molecule has 0 aliphatic rings. The first-order valence-corrected chi connectivity index (χ1v) is 10.2. The molecule has 0 spiro atoms. The maximum absolute atomic E-state index is 12.8. The van der Waals surface area contributed by atoms with E-state index >= 15 is 0 Å². The SMILES string of the molecule is COc1ccc(OC)c(CCCNCCCNC(=O)C/C=C/c2ccc(F)cc2)c1. The molecule has 2 rings (SSSR count). The van der Waals surface area contributed by atoms with E-state index in [0.717, 1.165) is 55.0 Å². The Labute approximate surface area is 178 Å². The Bertz CT molecular complexity index is 807. The molecule has 0 aromatic heterocycles. The molecule has 0 radical (unpaired) electrons. The Morgan fingerprint density at radius 2 is 1.77 bits per heavy atom. The molecule has 0 aliphatic heterocycles. The van der Waals surface area contributed by atoms with Gasteiger partial charge in [-0.05, 0) is 73.8 Å². The summed E-state index contributed by atoms with van der Waals surface area (Å²) in [6.07, 6.45) is 6.68. The Kier molecular flexibility index (Phi) is 10.4. The van der Waals surface area contributed by atoms with Crippen molar-refractivity contribution in [2.45, 2.75) is 25.7 Å². The number of ether oxygens (including phenoxy) is 2. The minimum atomic E-state index is -0.265. The van der Waals surface area contributed by atoms with Crippen LogP contribution in [0.1, 0.15) is 30.4 Å². The molecule has 0 atom stereocenters. The lowest BCUT2D eigenvalue weighted by Crippen LogP contribution is -2.27. The number of carbonyl (C=O) groups excluding carboxylic acids is 1. The van der Waals surface area contributed by atoms with Crippen molar-refractivity contribution in [1.29, 1.82) is 0 Å². The molecule has 0 heterocycles. The van der Waals surface area contributed by atoms with Gasteiger partial charge in [-0.1, -0.05) is 24.3 Å². The molecular formula is C24H31FN2O3. The molecular weight excluding hydrogens is 383 g/mol. The summed E-state index contributed by atoms with van der Waals surface area (Å²) in [5.41, 5.74) is 2.01. The highest BCUT2D eigenvalue weighted by Crippen LogP contribution is 2.24. The van der Waals surface area contributed by atoms with Crippen molar-refractivity contribution in [3.8, 4) is 11.5 Å². The fraction of sp³-hybridized carbons (Fsp3) is 0.375.